The zero-order valence-corrected chi connectivity index (χ0v) is 47.0. The van der Waals surface area contributed by atoms with Crippen LogP contribution in [-0.4, -0.2) is 287 Å². The van der Waals surface area contributed by atoms with Gasteiger partial charge in [0.1, 0.15) is 122 Å². The summed E-state index contributed by atoms with van der Waals surface area (Å²) in [5.41, 5.74) is -0.853. The van der Waals surface area contributed by atoms with Crippen molar-refractivity contribution in [3.63, 3.8) is 0 Å². The van der Waals surface area contributed by atoms with Crippen molar-refractivity contribution in [2.45, 2.75) is 244 Å². The fourth-order valence-corrected chi connectivity index (χ4v) is 16.9. The van der Waals surface area contributed by atoms with Crippen LogP contribution in [0.15, 0.2) is 0 Å². The van der Waals surface area contributed by atoms with E-state index in [1.807, 2.05) is 6.92 Å². The Morgan fingerprint density at radius 1 is 0.530 bits per heavy atom. The minimum absolute atomic E-state index is 0.0842. The van der Waals surface area contributed by atoms with Gasteiger partial charge in [0, 0.05) is 23.7 Å². The van der Waals surface area contributed by atoms with E-state index in [9.17, 15) is 81.4 Å². The van der Waals surface area contributed by atoms with Crippen LogP contribution in [0.1, 0.15) is 79.1 Å². The molecule has 7 heterocycles. The van der Waals surface area contributed by atoms with Gasteiger partial charge in [0.2, 0.25) is 0 Å². The van der Waals surface area contributed by atoms with Crippen LogP contribution < -0.4 is 0 Å². The SMILES string of the molecule is CC1COC2(OC3CC4C5CCC6CC(OC7OC(CO)C(OC8OC(CO)C(O)C(OC9OCC(O)C(O)C9O)C8OC8OC(CO)C(O)C(OC9OCC(O)C(O)C9O)C8O)C(O)C7O)CCC6(C)C5CC(=O)C4(C)C3C2C)C(O)C1. The van der Waals surface area contributed by atoms with Crippen LogP contribution in [0.2, 0.25) is 0 Å². The van der Waals surface area contributed by atoms with Crippen LogP contribution in [0, 0.1) is 52.3 Å². The van der Waals surface area contributed by atoms with Gasteiger partial charge < -0.3 is 133 Å². The molecule has 0 aromatic heterocycles. The fraction of sp³-hybridized carbons (Fsp3) is 0.982. The van der Waals surface area contributed by atoms with Crippen LogP contribution in [0.4, 0.5) is 0 Å². The molecule has 15 N–H and O–H groups in total. The van der Waals surface area contributed by atoms with E-state index in [1.165, 1.54) is 0 Å². The molecular weight excluding hydrogens is 1110 g/mol. The number of rotatable bonds is 13. The molecule has 11 rings (SSSR count). The lowest BCUT2D eigenvalue weighted by atomic mass is 9.44. The average molecular weight is 1200 g/mol. The highest BCUT2D eigenvalue weighted by Gasteiger charge is 2.73. The summed E-state index contributed by atoms with van der Waals surface area (Å²) in [7, 11) is 0. The molecule has 476 valence electrons. The number of fused-ring (bicyclic) bond motifs is 7. The number of hydrogen-bond acceptors (Lipinski definition) is 28. The maximum absolute atomic E-state index is 14.8. The summed E-state index contributed by atoms with van der Waals surface area (Å²) < 4.78 is 72.6. The van der Waals surface area contributed by atoms with Gasteiger partial charge in [-0.05, 0) is 80.0 Å². The van der Waals surface area contributed by atoms with Crippen LogP contribution in [0.25, 0.3) is 0 Å². The van der Waals surface area contributed by atoms with Crippen molar-refractivity contribution in [2.24, 2.45) is 52.3 Å². The molecule has 11 fully saturated rings. The summed E-state index contributed by atoms with van der Waals surface area (Å²) in [6.07, 6.45) is -38.1. The molecule has 7 saturated heterocycles. The third-order valence-electron chi connectivity index (χ3n) is 21.6. The van der Waals surface area contributed by atoms with Crippen molar-refractivity contribution in [3.8, 4) is 0 Å². The van der Waals surface area contributed by atoms with E-state index in [-0.39, 0.29) is 58.7 Å². The van der Waals surface area contributed by atoms with Crippen molar-refractivity contribution in [1.82, 2.24) is 0 Å². The Morgan fingerprint density at radius 3 is 1.71 bits per heavy atom. The van der Waals surface area contributed by atoms with Crippen molar-refractivity contribution in [3.05, 3.63) is 0 Å². The Labute approximate surface area is 479 Å². The molecule has 4 aliphatic carbocycles. The Kier molecular flexibility index (Phi) is 18.6. The second-order valence-corrected chi connectivity index (χ2v) is 26.2. The maximum atomic E-state index is 14.8. The molecule has 36 unspecified atom stereocenters. The first-order valence-corrected chi connectivity index (χ1v) is 29.7. The van der Waals surface area contributed by atoms with Gasteiger partial charge in [0.05, 0.1) is 51.8 Å². The number of aliphatic hydroxyl groups excluding tert-OH is 15. The lowest BCUT2D eigenvalue weighted by molar-refractivity contribution is -0.408. The van der Waals surface area contributed by atoms with Gasteiger partial charge in [-0.25, -0.2) is 0 Å². The normalized spacial score (nSPS) is 57.4. The van der Waals surface area contributed by atoms with Gasteiger partial charge in [-0.3, -0.25) is 4.79 Å². The number of carbonyl (C=O) groups excluding carboxylic acids is 1. The second-order valence-electron chi connectivity index (χ2n) is 26.2. The number of ketones is 1. The highest BCUT2D eigenvalue weighted by molar-refractivity contribution is 5.87. The fourth-order valence-electron chi connectivity index (χ4n) is 16.9. The number of carbonyl (C=O) groups is 1. The van der Waals surface area contributed by atoms with E-state index in [2.05, 4.69) is 20.8 Å². The van der Waals surface area contributed by atoms with Gasteiger partial charge in [-0.15, -0.1) is 0 Å². The maximum Gasteiger partial charge on any atom is 0.197 e. The second kappa shape index (κ2) is 24.4. The molecule has 4 saturated carbocycles. The number of hydrogen-bond donors (Lipinski definition) is 15. The molecule has 1 spiro atoms. The highest BCUT2D eigenvalue weighted by atomic mass is 16.8. The molecule has 28 nitrogen and oxygen atoms in total. The molecule has 0 aromatic carbocycles. The van der Waals surface area contributed by atoms with E-state index < -0.39 is 198 Å². The zero-order valence-electron chi connectivity index (χ0n) is 47.0. The molecule has 0 radical (unpaired) electrons. The number of ether oxygens (including phenoxy) is 12. The standard InChI is InChI=1S/C55H88O28/c1-19-9-33(62)55(74-16-19)20(2)34-28(83-55)11-25-23-6-5-21-10-22(7-8-53(21,3)24(23)12-32(61)54(25,34)4)75-50-42(70)39(67)44(31(15-58)78-50)79-52-47(46(38(66)30(14-57)77-52)81-49-41(69)36(64)27(60)18-73-49)82-51-43(71)45(37(65)29(13-56)76-51)80-48-40(68)35(63)26(59)17-72-48/h19-31,33-52,56-60,62-71H,5-18H2,1-4H3. The molecule has 7 aliphatic heterocycles. The minimum atomic E-state index is -2.13. The molecule has 0 aromatic rings. The van der Waals surface area contributed by atoms with Gasteiger partial charge in [-0.2, -0.15) is 0 Å². The van der Waals surface area contributed by atoms with Crippen LogP contribution in [-0.2, 0) is 61.6 Å². The van der Waals surface area contributed by atoms with E-state index in [0.29, 0.717) is 38.7 Å². The minimum Gasteiger partial charge on any atom is -0.394 e. The third-order valence-corrected chi connectivity index (χ3v) is 21.6. The first kappa shape index (κ1) is 63.2. The third kappa shape index (κ3) is 10.8. The summed E-state index contributed by atoms with van der Waals surface area (Å²) in [6.45, 7) is 5.13. The quantitative estimate of drug-likeness (QED) is 0.0765. The Hall–Kier alpha value is -1.41. The lowest BCUT2D eigenvalue weighted by Crippen LogP contribution is -2.69. The van der Waals surface area contributed by atoms with E-state index in [0.717, 1.165) is 19.3 Å². The van der Waals surface area contributed by atoms with Gasteiger partial charge >= 0.3 is 0 Å². The first-order valence-electron chi connectivity index (χ1n) is 29.7. The molecule has 83 heavy (non-hydrogen) atoms. The highest BCUT2D eigenvalue weighted by Crippen LogP contribution is 2.70. The van der Waals surface area contributed by atoms with E-state index >= 15 is 0 Å². The number of Topliss-reactive ketones (excluding diaryl/α,β-unsaturated/α-hetero) is 1. The Morgan fingerprint density at radius 2 is 1.08 bits per heavy atom. The Bertz CT molecular complexity index is 2220. The Balaban J connectivity index is 0.785. The summed E-state index contributed by atoms with van der Waals surface area (Å²) in [4.78, 5) is 14.8. The van der Waals surface area contributed by atoms with Gasteiger partial charge in [-0.1, -0.05) is 27.7 Å². The van der Waals surface area contributed by atoms with Gasteiger partial charge in [0.15, 0.2) is 37.2 Å². The molecule has 28 heteroatoms. The number of aliphatic hydroxyl groups is 15. The summed E-state index contributed by atoms with van der Waals surface area (Å²) in [5, 5.41) is 164. The van der Waals surface area contributed by atoms with E-state index in [1.54, 1.807) is 0 Å². The van der Waals surface area contributed by atoms with Crippen LogP contribution in [0.5, 0.6) is 0 Å². The summed E-state index contributed by atoms with van der Waals surface area (Å²) in [5.74, 6) is -0.339. The topological polar surface area (TPSA) is 431 Å². The molecule has 11 aliphatic rings. The summed E-state index contributed by atoms with van der Waals surface area (Å²) in [6, 6.07) is 0. The van der Waals surface area contributed by atoms with Gasteiger partial charge in [0.25, 0.3) is 0 Å². The zero-order chi connectivity index (χ0) is 59.5. The monoisotopic (exact) mass is 1200 g/mol. The molecule has 36 atom stereocenters. The van der Waals surface area contributed by atoms with Crippen LogP contribution >= 0.6 is 0 Å². The molecular formula is C55H88O28. The average Bonchev–Trinajstić information content (AvgIpc) is 1.69. The van der Waals surface area contributed by atoms with Crippen molar-refractivity contribution in [2.75, 3.05) is 39.6 Å². The predicted molar refractivity (Wildman–Crippen MR) is 271 cm³/mol. The molecule has 0 bridgehead atoms. The first-order chi connectivity index (χ1) is 39.4. The lowest BCUT2D eigenvalue weighted by Gasteiger charge is -2.61. The summed E-state index contributed by atoms with van der Waals surface area (Å²) >= 11 is 0. The molecule has 0 amide bonds. The van der Waals surface area contributed by atoms with Crippen molar-refractivity contribution >= 4 is 5.78 Å². The van der Waals surface area contributed by atoms with E-state index in [4.69, 9.17) is 56.8 Å². The largest absolute Gasteiger partial charge is 0.394 e. The van der Waals surface area contributed by atoms with Crippen molar-refractivity contribution < 1.29 is 138 Å². The van der Waals surface area contributed by atoms with Crippen LogP contribution in [0.3, 0.4) is 0 Å². The predicted octanol–water partition coefficient (Wildman–Crippen LogP) is -5.66. The van der Waals surface area contributed by atoms with Crippen molar-refractivity contribution in [1.29, 1.82) is 0 Å². The smallest absolute Gasteiger partial charge is 0.197 e.